The minimum Gasteiger partial charge on any atom is -0.349 e. The predicted molar refractivity (Wildman–Crippen MR) is 118 cm³/mol. The number of hydrogen-bond donors (Lipinski definition) is 2. The van der Waals surface area contributed by atoms with E-state index < -0.39 is 0 Å². The van der Waals surface area contributed by atoms with Gasteiger partial charge in [0.2, 0.25) is 11.8 Å². The van der Waals surface area contributed by atoms with Gasteiger partial charge in [-0.15, -0.1) is 10.2 Å². The first-order chi connectivity index (χ1) is 14.4. The van der Waals surface area contributed by atoms with Gasteiger partial charge in [0.05, 0.1) is 18.2 Å². The molecule has 0 radical (unpaired) electrons. The number of nitrogens with one attached hydrogen (secondary N) is 2. The minimum atomic E-state index is -0.166. The number of amides is 2. The van der Waals surface area contributed by atoms with E-state index in [1.54, 1.807) is 11.6 Å². The third kappa shape index (κ3) is 5.93. The Morgan fingerprint density at radius 3 is 2.43 bits per heavy atom. The highest BCUT2D eigenvalue weighted by Gasteiger charge is 2.15. The molecule has 2 amide bonds. The molecule has 0 bridgehead atoms. The maximum absolute atomic E-state index is 12.3. The molecule has 7 nitrogen and oxygen atoms in total. The highest BCUT2D eigenvalue weighted by Crippen LogP contribution is 2.17. The fraction of sp³-hybridized carbons (Fsp3) is 0.273. The lowest BCUT2D eigenvalue weighted by Crippen LogP contribution is -2.28. The van der Waals surface area contributed by atoms with Crippen molar-refractivity contribution in [2.24, 2.45) is 7.05 Å². The molecule has 2 aromatic carbocycles. The first kappa shape index (κ1) is 21.6. The van der Waals surface area contributed by atoms with E-state index in [9.17, 15) is 9.59 Å². The molecular weight excluding hydrogens is 398 g/mol. The molecule has 0 fully saturated rings. The molecule has 0 unspecified atom stereocenters. The Balaban J connectivity index is 1.50. The molecule has 0 aliphatic rings. The predicted octanol–water partition coefficient (Wildman–Crippen LogP) is 3.27. The number of aromatic nitrogens is 3. The van der Waals surface area contributed by atoms with Gasteiger partial charge in [0.1, 0.15) is 5.82 Å². The van der Waals surface area contributed by atoms with Gasteiger partial charge < -0.3 is 15.2 Å². The van der Waals surface area contributed by atoms with Gasteiger partial charge in [-0.05, 0) is 31.5 Å². The number of carbonyl (C=O) groups is 2. The average Bonchev–Trinajstić information content (AvgIpc) is 3.08. The van der Waals surface area contributed by atoms with Gasteiger partial charge in [0.25, 0.3) is 0 Å². The maximum atomic E-state index is 12.3. The van der Waals surface area contributed by atoms with Crippen molar-refractivity contribution in [3.05, 3.63) is 71.5 Å². The van der Waals surface area contributed by atoms with Crippen LogP contribution in [0.5, 0.6) is 0 Å². The zero-order valence-corrected chi connectivity index (χ0v) is 18.1. The van der Waals surface area contributed by atoms with E-state index >= 15 is 0 Å². The number of anilines is 1. The molecule has 1 heterocycles. The standard InChI is InChI=1S/C22H25N5O2S/c1-15-9-11-18(12-10-15)24-20(28)13-19-25-26-22(27(19)3)30-14-21(29)23-16(2)17-7-5-4-6-8-17/h4-12,16H,13-14H2,1-3H3,(H,23,29)(H,24,28)/t16-/m0/s1. The number of hydrogen-bond acceptors (Lipinski definition) is 5. The van der Waals surface area contributed by atoms with Gasteiger partial charge in [0, 0.05) is 12.7 Å². The lowest BCUT2D eigenvalue weighted by molar-refractivity contribution is -0.119. The van der Waals surface area contributed by atoms with Crippen LogP contribution in [0.2, 0.25) is 0 Å². The molecule has 0 spiro atoms. The summed E-state index contributed by atoms with van der Waals surface area (Å²) < 4.78 is 1.74. The molecule has 30 heavy (non-hydrogen) atoms. The summed E-state index contributed by atoms with van der Waals surface area (Å²) in [5.74, 6) is 0.511. The number of thioether (sulfide) groups is 1. The monoisotopic (exact) mass is 423 g/mol. The van der Waals surface area contributed by atoms with E-state index in [0.29, 0.717) is 11.0 Å². The van der Waals surface area contributed by atoms with Crippen LogP contribution in [-0.2, 0) is 23.1 Å². The van der Waals surface area contributed by atoms with Crippen LogP contribution >= 0.6 is 11.8 Å². The number of nitrogens with zero attached hydrogens (tertiary/aromatic N) is 3. The Morgan fingerprint density at radius 1 is 1.03 bits per heavy atom. The first-order valence-corrected chi connectivity index (χ1v) is 10.6. The summed E-state index contributed by atoms with van der Waals surface area (Å²) >= 11 is 1.29. The van der Waals surface area contributed by atoms with Crippen molar-refractivity contribution in [2.45, 2.75) is 31.5 Å². The number of aryl methyl sites for hydroxylation is 1. The van der Waals surface area contributed by atoms with Crippen molar-refractivity contribution in [1.29, 1.82) is 0 Å². The van der Waals surface area contributed by atoms with Gasteiger partial charge in [-0.3, -0.25) is 9.59 Å². The summed E-state index contributed by atoms with van der Waals surface area (Å²) in [6.07, 6.45) is 0.106. The van der Waals surface area contributed by atoms with E-state index in [1.165, 1.54) is 11.8 Å². The number of carbonyl (C=O) groups excluding carboxylic acids is 2. The zero-order valence-electron chi connectivity index (χ0n) is 17.3. The van der Waals surface area contributed by atoms with Gasteiger partial charge in [-0.2, -0.15) is 0 Å². The molecule has 0 saturated heterocycles. The van der Waals surface area contributed by atoms with Gasteiger partial charge in [0.15, 0.2) is 5.16 Å². The minimum absolute atomic E-state index is 0.0696. The van der Waals surface area contributed by atoms with Gasteiger partial charge >= 0.3 is 0 Å². The number of benzene rings is 2. The molecular formula is C22H25N5O2S. The Hall–Kier alpha value is -3.13. The van der Waals surface area contributed by atoms with Crippen molar-refractivity contribution in [1.82, 2.24) is 20.1 Å². The van der Waals surface area contributed by atoms with E-state index in [0.717, 1.165) is 16.8 Å². The topological polar surface area (TPSA) is 88.9 Å². The highest BCUT2D eigenvalue weighted by molar-refractivity contribution is 7.99. The summed E-state index contributed by atoms with van der Waals surface area (Å²) in [5, 5.41) is 14.6. The summed E-state index contributed by atoms with van der Waals surface area (Å²) in [6, 6.07) is 17.3. The van der Waals surface area contributed by atoms with Crippen LogP contribution in [0.25, 0.3) is 0 Å². The maximum Gasteiger partial charge on any atom is 0.232 e. The summed E-state index contributed by atoms with van der Waals surface area (Å²) in [4.78, 5) is 24.6. The molecule has 2 N–H and O–H groups in total. The van der Waals surface area contributed by atoms with Crippen molar-refractivity contribution < 1.29 is 9.59 Å². The fourth-order valence-electron chi connectivity index (χ4n) is 2.85. The van der Waals surface area contributed by atoms with Crippen LogP contribution in [-0.4, -0.2) is 32.3 Å². The summed E-state index contributed by atoms with van der Waals surface area (Å²) in [7, 11) is 1.79. The average molecular weight is 424 g/mol. The molecule has 0 aliphatic carbocycles. The van der Waals surface area contributed by atoms with Crippen LogP contribution in [0.3, 0.4) is 0 Å². The summed E-state index contributed by atoms with van der Waals surface area (Å²) in [5.41, 5.74) is 2.92. The van der Waals surface area contributed by atoms with Crippen molar-refractivity contribution in [3.8, 4) is 0 Å². The Morgan fingerprint density at radius 2 is 1.73 bits per heavy atom. The summed E-state index contributed by atoms with van der Waals surface area (Å²) in [6.45, 7) is 3.94. The smallest absolute Gasteiger partial charge is 0.232 e. The molecule has 156 valence electrons. The third-order valence-corrected chi connectivity index (χ3v) is 5.61. The van der Waals surface area contributed by atoms with Crippen LogP contribution < -0.4 is 10.6 Å². The fourth-order valence-corrected chi connectivity index (χ4v) is 3.59. The second kappa shape index (κ2) is 10.1. The highest BCUT2D eigenvalue weighted by atomic mass is 32.2. The van der Waals surface area contributed by atoms with Crippen LogP contribution in [0.4, 0.5) is 5.69 Å². The molecule has 8 heteroatoms. The molecule has 0 saturated carbocycles. The Labute approximate surface area is 180 Å². The second-order valence-electron chi connectivity index (χ2n) is 7.04. The van der Waals surface area contributed by atoms with Gasteiger partial charge in [-0.25, -0.2) is 0 Å². The largest absolute Gasteiger partial charge is 0.349 e. The Bertz CT molecular complexity index is 1000. The molecule has 3 rings (SSSR count). The van der Waals surface area contributed by atoms with E-state index in [2.05, 4.69) is 20.8 Å². The van der Waals surface area contributed by atoms with Crippen LogP contribution in [0, 0.1) is 6.92 Å². The Kier molecular flexibility index (Phi) is 7.24. The third-order valence-electron chi connectivity index (χ3n) is 4.59. The molecule has 1 atom stereocenters. The molecule has 0 aliphatic heterocycles. The lowest BCUT2D eigenvalue weighted by atomic mass is 10.1. The van der Waals surface area contributed by atoms with Crippen molar-refractivity contribution in [2.75, 3.05) is 11.1 Å². The van der Waals surface area contributed by atoms with E-state index in [1.807, 2.05) is 68.4 Å². The lowest BCUT2D eigenvalue weighted by Gasteiger charge is -2.14. The zero-order chi connectivity index (χ0) is 21.5. The SMILES string of the molecule is Cc1ccc(NC(=O)Cc2nnc(SCC(=O)N[C@@H](C)c3ccccc3)n2C)cc1. The normalized spacial score (nSPS) is 11.7. The van der Waals surface area contributed by atoms with E-state index in [-0.39, 0.29) is 30.0 Å². The van der Waals surface area contributed by atoms with Crippen LogP contribution in [0.1, 0.15) is 29.9 Å². The van der Waals surface area contributed by atoms with Gasteiger partial charge in [-0.1, -0.05) is 59.8 Å². The molecule has 1 aromatic heterocycles. The molecule has 3 aromatic rings. The first-order valence-electron chi connectivity index (χ1n) is 9.64. The second-order valence-corrected chi connectivity index (χ2v) is 7.98. The van der Waals surface area contributed by atoms with E-state index in [4.69, 9.17) is 0 Å². The van der Waals surface area contributed by atoms with Crippen molar-refractivity contribution in [3.63, 3.8) is 0 Å². The quantitative estimate of drug-likeness (QED) is 0.543. The van der Waals surface area contributed by atoms with Crippen LogP contribution in [0.15, 0.2) is 59.8 Å². The number of rotatable bonds is 8. The van der Waals surface area contributed by atoms with Crippen molar-refractivity contribution >= 4 is 29.3 Å².